The van der Waals surface area contributed by atoms with Crippen LogP contribution in [0, 0.1) is 6.92 Å². The number of amides is 2. The number of piperazine rings is 1. The summed E-state index contributed by atoms with van der Waals surface area (Å²) < 4.78 is 5.36. The number of furan rings is 1. The summed E-state index contributed by atoms with van der Waals surface area (Å²) in [5.41, 5.74) is 4.64. The molecule has 0 aliphatic carbocycles. The van der Waals surface area contributed by atoms with E-state index in [0.29, 0.717) is 26.1 Å². The zero-order valence-corrected chi connectivity index (χ0v) is 18.2. The van der Waals surface area contributed by atoms with E-state index in [2.05, 4.69) is 42.2 Å². The fourth-order valence-electron chi connectivity index (χ4n) is 4.72. The van der Waals surface area contributed by atoms with E-state index in [4.69, 9.17) is 4.42 Å². The summed E-state index contributed by atoms with van der Waals surface area (Å²) in [6.07, 6.45) is 2.02. The van der Waals surface area contributed by atoms with Gasteiger partial charge in [-0.25, -0.2) is 0 Å². The van der Waals surface area contributed by atoms with Crippen LogP contribution in [-0.2, 0) is 17.8 Å². The third-order valence-electron chi connectivity index (χ3n) is 6.48. The summed E-state index contributed by atoms with van der Waals surface area (Å²) in [6.45, 7) is 5.36. The minimum Gasteiger partial charge on any atom is -0.459 e. The number of benzene rings is 2. The average Bonchev–Trinajstić information content (AvgIpc) is 3.37. The van der Waals surface area contributed by atoms with Gasteiger partial charge in [0.1, 0.15) is 6.04 Å². The van der Waals surface area contributed by atoms with Gasteiger partial charge in [0.25, 0.3) is 5.91 Å². The topological polar surface area (TPSA) is 57.0 Å². The van der Waals surface area contributed by atoms with Crippen LogP contribution in [-0.4, -0.2) is 53.8 Å². The highest BCUT2D eigenvalue weighted by Gasteiger charge is 2.38. The van der Waals surface area contributed by atoms with Crippen LogP contribution < -0.4 is 4.90 Å². The van der Waals surface area contributed by atoms with Crippen molar-refractivity contribution in [3.63, 3.8) is 0 Å². The molecule has 1 unspecified atom stereocenters. The van der Waals surface area contributed by atoms with E-state index in [9.17, 15) is 9.59 Å². The molecule has 1 aromatic heterocycles. The van der Waals surface area contributed by atoms with Crippen LogP contribution in [0.5, 0.6) is 0 Å². The average molecular weight is 430 g/mol. The van der Waals surface area contributed by atoms with Gasteiger partial charge in [-0.1, -0.05) is 36.4 Å². The summed E-state index contributed by atoms with van der Waals surface area (Å²) in [5.74, 6) is 0.0519. The quantitative estimate of drug-likeness (QED) is 0.640. The number of fused-ring (bicyclic) bond motifs is 1. The number of nitrogens with zero attached hydrogens (tertiary/aromatic N) is 3. The summed E-state index contributed by atoms with van der Waals surface area (Å²) in [6, 6.07) is 19.3. The van der Waals surface area contributed by atoms with Crippen LogP contribution >= 0.6 is 0 Å². The van der Waals surface area contributed by atoms with Gasteiger partial charge in [-0.05, 0) is 47.9 Å². The maximum atomic E-state index is 13.6. The minimum atomic E-state index is -0.520. The zero-order chi connectivity index (χ0) is 22.1. The van der Waals surface area contributed by atoms with Gasteiger partial charge in [0.05, 0.1) is 6.26 Å². The third-order valence-corrected chi connectivity index (χ3v) is 6.48. The lowest BCUT2D eigenvalue weighted by Gasteiger charge is -2.41. The van der Waals surface area contributed by atoms with Crippen molar-refractivity contribution in [3.05, 3.63) is 89.4 Å². The van der Waals surface area contributed by atoms with Crippen molar-refractivity contribution in [2.45, 2.75) is 25.9 Å². The zero-order valence-electron chi connectivity index (χ0n) is 18.2. The maximum Gasteiger partial charge on any atom is 0.290 e. The lowest BCUT2D eigenvalue weighted by Crippen LogP contribution is -2.57. The van der Waals surface area contributed by atoms with Crippen molar-refractivity contribution in [3.8, 4) is 0 Å². The summed E-state index contributed by atoms with van der Waals surface area (Å²) in [5, 5.41) is 0. The molecule has 0 spiro atoms. The number of aryl methyl sites for hydroxylation is 1. The summed E-state index contributed by atoms with van der Waals surface area (Å²) in [4.78, 5) is 32.7. The van der Waals surface area contributed by atoms with E-state index in [1.165, 1.54) is 17.5 Å². The van der Waals surface area contributed by atoms with E-state index in [0.717, 1.165) is 24.2 Å². The number of rotatable bonds is 3. The Morgan fingerprint density at radius 1 is 0.906 bits per heavy atom. The lowest BCUT2D eigenvalue weighted by atomic mass is 9.92. The normalized spacial score (nSPS) is 18.4. The van der Waals surface area contributed by atoms with Crippen LogP contribution in [0.25, 0.3) is 0 Å². The fraction of sp³-hybridized carbons (Fsp3) is 0.308. The van der Waals surface area contributed by atoms with Gasteiger partial charge in [0, 0.05) is 44.8 Å². The standard InChI is InChI=1S/C26H27N3O3/c1-19-6-4-9-22(16-19)27-11-13-28(14-12-27)25(30)23-17-20-7-2-3-8-21(20)18-29(23)26(31)24-10-5-15-32-24/h2-10,15-16,23H,11-14,17-18H2,1H3. The Hall–Kier alpha value is -3.54. The molecule has 3 heterocycles. The molecule has 0 radical (unpaired) electrons. The van der Waals surface area contributed by atoms with Crippen molar-refractivity contribution in [1.82, 2.24) is 9.80 Å². The minimum absolute atomic E-state index is 0.0169. The Morgan fingerprint density at radius 3 is 2.41 bits per heavy atom. The molecule has 2 aliphatic heterocycles. The van der Waals surface area contributed by atoms with Crippen LogP contribution in [0.15, 0.2) is 71.3 Å². The maximum absolute atomic E-state index is 13.6. The smallest absolute Gasteiger partial charge is 0.290 e. The molecule has 1 saturated heterocycles. The van der Waals surface area contributed by atoms with Crippen LogP contribution in [0.2, 0.25) is 0 Å². The predicted molar refractivity (Wildman–Crippen MR) is 122 cm³/mol. The number of hydrogen-bond acceptors (Lipinski definition) is 4. The molecule has 6 heteroatoms. The third kappa shape index (κ3) is 3.88. The molecule has 0 bridgehead atoms. The van der Waals surface area contributed by atoms with Crippen molar-refractivity contribution < 1.29 is 14.0 Å². The Bertz CT molecular complexity index is 1120. The number of carbonyl (C=O) groups is 2. The molecule has 1 fully saturated rings. The number of hydrogen-bond donors (Lipinski definition) is 0. The predicted octanol–water partition coefficient (Wildman–Crippen LogP) is 3.50. The second-order valence-electron chi connectivity index (χ2n) is 8.55. The molecule has 2 aliphatic rings. The fourth-order valence-corrected chi connectivity index (χ4v) is 4.72. The van der Waals surface area contributed by atoms with Gasteiger partial charge in [0.2, 0.25) is 5.91 Å². The second-order valence-corrected chi connectivity index (χ2v) is 8.55. The van der Waals surface area contributed by atoms with E-state index in [1.807, 2.05) is 23.1 Å². The van der Waals surface area contributed by atoms with Crippen LogP contribution in [0.3, 0.4) is 0 Å². The Labute approximate surface area is 188 Å². The largest absolute Gasteiger partial charge is 0.459 e. The Kier molecular flexibility index (Phi) is 5.43. The van der Waals surface area contributed by atoms with Gasteiger partial charge < -0.3 is 19.1 Å². The molecule has 32 heavy (non-hydrogen) atoms. The number of carbonyl (C=O) groups excluding carboxylic acids is 2. The summed E-state index contributed by atoms with van der Waals surface area (Å²) in [7, 11) is 0. The molecule has 0 saturated carbocycles. The monoisotopic (exact) mass is 429 g/mol. The first kappa shape index (κ1) is 20.4. The summed E-state index contributed by atoms with van der Waals surface area (Å²) >= 11 is 0. The molecule has 1 atom stereocenters. The molecule has 0 N–H and O–H groups in total. The van der Waals surface area contributed by atoms with Crippen molar-refractivity contribution in [2.75, 3.05) is 31.1 Å². The molecular weight excluding hydrogens is 402 g/mol. The highest BCUT2D eigenvalue weighted by atomic mass is 16.3. The van der Waals surface area contributed by atoms with Crippen molar-refractivity contribution >= 4 is 17.5 Å². The Balaban J connectivity index is 1.34. The Morgan fingerprint density at radius 2 is 1.69 bits per heavy atom. The lowest BCUT2D eigenvalue weighted by molar-refractivity contribution is -0.137. The highest BCUT2D eigenvalue weighted by Crippen LogP contribution is 2.27. The van der Waals surface area contributed by atoms with E-state index in [1.54, 1.807) is 17.0 Å². The molecule has 6 nitrogen and oxygen atoms in total. The highest BCUT2D eigenvalue weighted by molar-refractivity contribution is 5.96. The van der Waals surface area contributed by atoms with Gasteiger partial charge in [-0.15, -0.1) is 0 Å². The van der Waals surface area contributed by atoms with E-state index >= 15 is 0 Å². The van der Waals surface area contributed by atoms with Gasteiger partial charge >= 0.3 is 0 Å². The molecule has 2 amide bonds. The van der Waals surface area contributed by atoms with Gasteiger partial charge in [0.15, 0.2) is 5.76 Å². The van der Waals surface area contributed by atoms with Crippen LogP contribution in [0.1, 0.15) is 27.2 Å². The van der Waals surface area contributed by atoms with Crippen molar-refractivity contribution in [1.29, 1.82) is 0 Å². The molecule has 5 rings (SSSR count). The SMILES string of the molecule is Cc1cccc(N2CCN(C(=O)C3Cc4ccccc4CN3C(=O)c3ccco3)CC2)c1. The molecule has 164 valence electrons. The van der Waals surface area contributed by atoms with E-state index < -0.39 is 6.04 Å². The molecule has 3 aromatic rings. The first-order chi connectivity index (χ1) is 15.6. The van der Waals surface area contributed by atoms with Crippen LogP contribution in [0.4, 0.5) is 5.69 Å². The van der Waals surface area contributed by atoms with E-state index in [-0.39, 0.29) is 17.6 Å². The second kappa shape index (κ2) is 8.54. The molecular formula is C26H27N3O3. The van der Waals surface area contributed by atoms with Gasteiger partial charge in [-0.3, -0.25) is 9.59 Å². The van der Waals surface area contributed by atoms with Gasteiger partial charge in [-0.2, -0.15) is 0 Å². The van der Waals surface area contributed by atoms with Crippen molar-refractivity contribution in [2.24, 2.45) is 0 Å². The first-order valence-electron chi connectivity index (χ1n) is 11.1. The number of anilines is 1. The first-order valence-corrected chi connectivity index (χ1v) is 11.1. The molecule has 2 aromatic carbocycles.